The minimum atomic E-state index is -0.554. The maximum atomic E-state index is 14.2. The number of aliphatic hydroxyl groups excluding tert-OH is 1. The molecule has 2 aliphatic heterocycles. The molecule has 0 aliphatic carbocycles. The summed E-state index contributed by atoms with van der Waals surface area (Å²) >= 11 is 0. The van der Waals surface area contributed by atoms with Crippen molar-refractivity contribution in [3.8, 4) is 0 Å². The molecule has 5 nitrogen and oxygen atoms in total. The molecule has 0 spiro atoms. The van der Waals surface area contributed by atoms with Crippen LogP contribution in [-0.4, -0.2) is 37.4 Å². The number of halogens is 2. The van der Waals surface area contributed by atoms with Gasteiger partial charge in [0.25, 0.3) is 0 Å². The second-order valence-electron chi connectivity index (χ2n) is 6.64. The van der Waals surface area contributed by atoms with Crippen LogP contribution in [0.3, 0.4) is 0 Å². The minimum Gasteiger partial charge on any atom is -0.392 e. The summed E-state index contributed by atoms with van der Waals surface area (Å²) in [6.07, 6.45) is 2.99. The SMILES string of the molecule is O[C@@H]1C[C@@H](c2cc(F)ccc2F)N(Cc2nnc3n2CCCC3)C1. The Bertz CT molecular complexity index is 748. The maximum absolute atomic E-state index is 14.2. The first-order chi connectivity index (χ1) is 11.6. The van der Waals surface area contributed by atoms with Gasteiger partial charge in [-0.05, 0) is 37.5 Å². The fourth-order valence-electron chi connectivity index (χ4n) is 3.81. The quantitative estimate of drug-likeness (QED) is 0.935. The topological polar surface area (TPSA) is 54.2 Å². The normalized spacial score (nSPS) is 24.3. The number of hydrogen-bond donors (Lipinski definition) is 1. The average molecular weight is 334 g/mol. The van der Waals surface area contributed by atoms with Gasteiger partial charge in [0.05, 0.1) is 12.6 Å². The van der Waals surface area contributed by atoms with Crippen LogP contribution in [0.25, 0.3) is 0 Å². The molecular formula is C17H20F2N4O. The zero-order valence-corrected chi connectivity index (χ0v) is 13.3. The van der Waals surface area contributed by atoms with E-state index in [4.69, 9.17) is 0 Å². The Morgan fingerprint density at radius 3 is 2.96 bits per heavy atom. The molecule has 24 heavy (non-hydrogen) atoms. The van der Waals surface area contributed by atoms with Crippen molar-refractivity contribution >= 4 is 0 Å². The summed E-state index contributed by atoms with van der Waals surface area (Å²) in [4.78, 5) is 1.97. The molecule has 1 N–H and O–H groups in total. The summed E-state index contributed by atoms with van der Waals surface area (Å²) in [5.41, 5.74) is 0.296. The molecule has 2 atom stereocenters. The summed E-state index contributed by atoms with van der Waals surface area (Å²) in [7, 11) is 0. The largest absolute Gasteiger partial charge is 0.392 e. The average Bonchev–Trinajstić information content (AvgIpc) is 3.14. The van der Waals surface area contributed by atoms with E-state index < -0.39 is 17.7 Å². The molecule has 7 heteroatoms. The number of benzene rings is 1. The predicted octanol–water partition coefficient (Wildman–Crippen LogP) is 2.20. The summed E-state index contributed by atoms with van der Waals surface area (Å²) in [5.74, 6) is 0.918. The van der Waals surface area contributed by atoms with E-state index in [1.54, 1.807) is 0 Å². The standard InChI is InChI=1S/C17H20F2N4O/c18-11-4-5-14(19)13(7-11)15-8-12(24)9-22(15)10-17-21-20-16-3-1-2-6-23(16)17/h4-5,7,12,15,24H,1-3,6,8-10H2/t12-,15+/m1/s1. The lowest BCUT2D eigenvalue weighted by atomic mass is 10.0. The summed E-state index contributed by atoms with van der Waals surface area (Å²) < 4.78 is 29.8. The number of fused-ring (bicyclic) bond motifs is 1. The third kappa shape index (κ3) is 2.82. The molecule has 0 amide bonds. The highest BCUT2D eigenvalue weighted by atomic mass is 19.1. The molecule has 2 aliphatic rings. The van der Waals surface area contributed by atoms with E-state index in [0.717, 1.165) is 49.6 Å². The van der Waals surface area contributed by atoms with Gasteiger partial charge in [-0.1, -0.05) is 0 Å². The van der Waals surface area contributed by atoms with Crippen molar-refractivity contribution in [3.05, 3.63) is 47.0 Å². The minimum absolute atomic E-state index is 0.296. The van der Waals surface area contributed by atoms with E-state index in [0.29, 0.717) is 25.1 Å². The number of likely N-dealkylation sites (tertiary alicyclic amines) is 1. The Kier molecular flexibility index (Phi) is 4.05. The van der Waals surface area contributed by atoms with Crippen molar-refractivity contribution in [3.63, 3.8) is 0 Å². The molecule has 1 aromatic heterocycles. The number of rotatable bonds is 3. The molecule has 0 saturated carbocycles. The van der Waals surface area contributed by atoms with Crippen LogP contribution in [0.4, 0.5) is 8.78 Å². The van der Waals surface area contributed by atoms with Gasteiger partial charge in [0.15, 0.2) is 0 Å². The van der Waals surface area contributed by atoms with Gasteiger partial charge in [-0.2, -0.15) is 0 Å². The van der Waals surface area contributed by atoms with Gasteiger partial charge in [-0.15, -0.1) is 10.2 Å². The van der Waals surface area contributed by atoms with Crippen LogP contribution in [0, 0.1) is 11.6 Å². The summed E-state index contributed by atoms with van der Waals surface area (Å²) in [6, 6.07) is 3.13. The third-order valence-electron chi connectivity index (χ3n) is 4.98. The zero-order valence-electron chi connectivity index (χ0n) is 13.3. The monoisotopic (exact) mass is 334 g/mol. The van der Waals surface area contributed by atoms with Crippen molar-refractivity contribution in [2.45, 2.75) is 50.9 Å². The summed E-state index contributed by atoms with van der Waals surface area (Å²) in [6.45, 7) is 1.79. The van der Waals surface area contributed by atoms with E-state index in [-0.39, 0.29) is 6.04 Å². The second kappa shape index (κ2) is 6.22. The lowest BCUT2D eigenvalue weighted by Crippen LogP contribution is -2.27. The van der Waals surface area contributed by atoms with Crippen LogP contribution in [-0.2, 0) is 19.5 Å². The number of β-amino-alcohol motifs (C(OH)–C–C–N with tert-alkyl or cyclic N) is 1. The highest BCUT2D eigenvalue weighted by Gasteiger charge is 2.35. The van der Waals surface area contributed by atoms with Crippen molar-refractivity contribution < 1.29 is 13.9 Å². The Hall–Kier alpha value is -1.86. The first-order valence-corrected chi connectivity index (χ1v) is 8.40. The summed E-state index contributed by atoms with van der Waals surface area (Å²) in [5, 5.41) is 18.6. The number of hydrogen-bond acceptors (Lipinski definition) is 4. The molecule has 0 bridgehead atoms. The molecule has 2 aromatic rings. The Labute approximate surface area is 138 Å². The van der Waals surface area contributed by atoms with Crippen molar-refractivity contribution in [2.24, 2.45) is 0 Å². The molecule has 1 aromatic carbocycles. The van der Waals surface area contributed by atoms with E-state index in [2.05, 4.69) is 14.8 Å². The molecule has 1 saturated heterocycles. The maximum Gasteiger partial charge on any atom is 0.147 e. The van der Waals surface area contributed by atoms with Crippen LogP contribution < -0.4 is 0 Å². The number of aryl methyl sites for hydroxylation is 1. The van der Waals surface area contributed by atoms with Crippen LogP contribution in [0.5, 0.6) is 0 Å². The first-order valence-electron chi connectivity index (χ1n) is 8.40. The molecule has 3 heterocycles. The second-order valence-corrected chi connectivity index (χ2v) is 6.64. The van der Waals surface area contributed by atoms with Gasteiger partial charge in [0.2, 0.25) is 0 Å². The van der Waals surface area contributed by atoms with Crippen molar-refractivity contribution in [2.75, 3.05) is 6.54 Å². The van der Waals surface area contributed by atoms with E-state index in [1.165, 1.54) is 6.07 Å². The lowest BCUT2D eigenvalue weighted by molar-refractivity contribution is 0.170. The van der Waals surface area contributed by atoms with Crippen molar-refractivity contribution in [1.29, 1.82) is 0 Å². The van der Waals surface area contributed by atoms with Gasteiger partial charge in [0.1, 0.15) is 23.3 Å². The number of nitrogens with zero attached hydrogens (tertiary/aromatic N) is 4. The molecular weight excluding hydrogens is 314 g/mol. The fourth-order valence-corrected chi connectivity index (χ4v) is 3.81. The van der Waals surface area contributed by atoms with Gasteiger partial charge < -0.3 is 9.67 Å². The van der Waals surface area contributed by atoms with Crippen LogP contribution in [0.1, 0.15) is 42.5 Å². The Morgan fingerprint density at radius 2 is 2.08 bits per heavy atom. The molecule has 0 radical (unpaired) electrons. The lowest BCUT2D eigenvalue weighted by Gasteiger charge is -2.25. The molecule has 128 valence electrons. The highest BCUT2D eigenvalue weighted by Crippen LogP contribution is 2.35. The van der Waals surface area contributed by atoms with Crippen LogP contribution in [0.2, 0.25) is 0 Å². The number of aromatic nitrogens is 3. The predicted molar refractivity (Wildman–Crippen MR) is 83.1 cm³/mol. The molecule has 1 fully saturated rings. The Morgan fingerprint density at radius 1 is 1.21 bits per heavy atom. The molecule has 0 unspecified atom stereocenters. The zero-order chi connectivity index (χ0) is 16.7. The third-order valence-corrected chi connectivity index (χ3v) is 4.98. The Balaban J connectivity index is 1.61. The van der Waals surface area contributed by atoms with Crippen LogP contribution >= 0.6 is 0 Å². The van der Waals surface area contributed by atoms with E-state index in [9.17, 15) is 13.9 Å². The van der Waals surface area contributed by atoms with Gasteiger partial charge in [0, 0.05) is 31.1 Å². The smallest absolute Gasteiger partial charge is 0.147 e. The fraction of sp³-hybridized carbons (Fsp3) is 0.529. The highest BCUT2D eigenvalue weighted by molar-refractivity contribution is 5.24. The van der Waals surface area contributed by atoms with E-state index >= 15 is 0 Å². The van der Waals surface area contributed by atoms with Crippen molar-refractivity contribution in [1.82, 2.24) is 19.7 Å². The molecule has 4 rings (SSSR count). The van der Waals surface area contributed by atoms with Gasteiger partial charge in [-0.25, -0.2) is 8.78 Å². The van der Waals surface area contributed by atoms with Gasteiger partial charge >= 0.3 is 0 Å². The van der Waals surface area contributed by atoms with Crippen LogP contribution in [0.15, 0.2) is 18.2 Å². The first kappa shape index (κ1) is 15.7. The van der Waals surface area contributed by atoms with E-state index in [1.807, 2.05) is 4.90 Å². The number of aliphatic hydroxyl groups is 1. The van der Waals surface area contributed by atoms with Gasteiger partial charge in [-0.3, -0.25) is 4.90 Å².